The Morgan fingerprint density at radius 1 is 1.19 bits per heavy atom. The van der Waals surface area contributed by atoms with Crippen LogP contribution in [-0.2, 0) is 16.0 Å². The fourth-order valence-electron chi connectivity index (χ4n) is 2.90. The SMILES string of the molecule is CCNC(=O)C(C#N)=Cc1cccc(OCCC(=O)N[C@@H](Cc2ccccc2)B(O)O)c1. The first kappa shape index (κ1) is 24.7. The van der Waals surface area contributed by atoms with E-state index in [1.807, 2.05) is 36.4 Å². The molecule has 0 unspecified atom stereocenters. The average Bonchev–Trinajstić information content (AvgIpc) is 2.78. The van der Waals surface area contributed by atoms with Gasteiger partial charge < -0.3 is 25.4 Å². The van der Waals surface area contributed by atoms with Crippen molar-refractivity contribution in [1.29, 1.82) is 5.26 Å². The van der Waals surface area contributed by atoms with Crippen LogP contribution in [0.15, 0.2) is 60.2 Å². The first-order chi connectivity index (χ1) is 15.4. The number of ether oxygens (including phenoxy) is 1. The highest BCUT2D eigenvalue weighted by Crippen LogP contribution is 2.16. The van der Waals surface area contributed by atoms with Crippen molar-refractivity contribution in [2.75, 3.05) is 13.2 Å². The van der Waals surface area contributed by atoms with Crippen molar-refractivity contribution in [1.82, 2.24) is 10.6 Å². The van der Waals surface area contributed by atoms with E-state index in [-0.39, 0.29) is 30.9 Å². The molecule has 0 aromatic heterocycles. The van der Waals surface area contributed by atoms with E-state index in [0.29, 0.717) is 17.9 Å². The number of benzene rings is 2. The van der Waals surface area contributed by atoms with Crippen LogP contribution >= 0.6 is 0 Å². The Morgan fingerprint density at radius 3 is 2.59 bits per heavy atom. The van der Waals surface area contributed by atoms with E-state index in [1.54, 1.807) is 31.2 Å². The Morgan fingerprint density at radius 2 is 1.94 bits per heavy atom. The highest BCUT2D eigenvalue weighted by Gasteiger charge is 2.25. The molecule has 0 heterocycles. The lowest BCUT2D eigenvalue weighted by atomic mass is 9.76. The minimum Gasteiger partial charge on any atom is -0.493 e. The quantitative estimate of drug-likeness (QED) is 0.239. The summed E-state index contributed by atoms with van der Waals surface area (Å²) in [7, 11) is -1.69. The van der Waals surface area contributed by atoms with E-state index in [2.05, 4.69) is 10.6 Å². The van der Waals surface area contributed by atoms with Gasteiger partial charge in [-0.1, -0.05) is 42.5 Å². The molecule has 0 aliphatic rings. The first-order valence-corrected chi connectivity index (χ1v) is 10.2. The highest BCUT2D eigenvalue weighted by molar-refractivity contribution is 6.43. The summed E-state index contributed by atoms with van der Waals surface area (Å²) in [4.78, 5) is 24.1. The lowest BCUT2D eigenvalue weighted by Gasteiger charge is -2.18. The highest BCUT2D eigenvalue weighted by atomic mass is 16.5. The van der Waals surface area contributed by atoms with Gasteiger partial charge in [-0.15, -0.1) is 0 Å². The summed E-state index contributed by atoms with van der Waals surface area (Å²) in [5, 5.41) is 33.5. The largest absolute Gasteiger partial charge is 0.493 e. The van der Waals surface area contributed by atoms with Crippen LogP contribution in [-0.4, -0.2) is 48.1 Å². The molecule has 8 nitrogen and oxygen atoms in total. The molecule has 2 amide bonds. The Labute approximate surface area is 187 Å². The number of nitriles is 1. The van der Waals surface area contributed by atoms with Gasteiger partial charge >= 0.3 is 7.12 Å². The van der Waals surface area contributed by atoms with Crippen molar-refractivity contribution in [3.05, 3.63) is 71.3 Å². The second-order valence-corrected chi connectivity index (χ2v) is 6.98. The number of likely N-dealkylation sites (N-methyl/N-ethyl adjacent to an activating group) is 1. The van der Waals surface area contributed by atoms with Gasteiger partial charge in [-0.2, -0.15) is 5.26 Å². The van der Waals surface area contributed by atoms with Gasteiger partial charge in [0, 0.05) is 6.54 Å². The Kier molecular flexibility index (Phi) is 9.98. The second-order valence-electron chi connectivity index (χ2n) is 6.98. The van der Waals surface area contributed by atoms with Gasteiger partial charge in [-0.25, -0.2) is 0 Å². The van der Waals surface area contributed by atoms with E-state index in [9.17, 15) is 19.6 Å². The molecule has 0 spiro atoms. The Hall–Kier alpha value is -3.61. The zero-order valence-electron chi connectivity index (χ0n) is 17.8. The molecule has 0 radical (unpaired) electrons. The fourth-order valence-corrected chi connectivity index (χ4v) is 2.90. The summed E-state index contributed by atoms with van der Waals surface area (Å²) in [6, 6.07) is 17.9. The number of carbonyl (C=O) groups excluding carboxylic acids is 2. The molecule has 2 aromatic rings. The number of amides is 2. The number of hydrogen-bond donors (Lipinski definition) is 4. The summed E-state index contributed by atoms with van der Waals surface area (Å²) in [5.74, 6) is -1.19. The van der Waals surface area contributed by atoms with Gasteiger partial charge in [0.1, 0.15) is 17.4 Å². The van der Waals surface area contributed by atoms with E-state index in [1.165, 1.54) is 6.08 Å². The third-order valence-electron chi connectivity index (χ3n) is 4.47. The molecule has 0 bridgehead atoms. The zero-order valence-corrected chi connectivity index (χ0v) is 17.8. The van der Waals surface area contributed by atoms with E-state index < -0.39 is 19.0 Å². The van der Waals surface area contributed by atoms with Gasteiger partial charge in [0.25, 0.3) is 5.91 Å². The van der Waals surface area contributed by atoms with Crippen LogP contribution in [0.2, 0.25) is 0 Å². The van der Waals surface area contributed by atoms with Gasteiger partial charge in [-0.3, -0.25) is 9.59 Å². The number of nitrogens with zero attached hydrogens (tertiary/aromatic N) is 1. The van der Waals surface area contributed by atoms with Crippen LogP contribution < -0.4 is 15.4 Å². The molecular formula is C23H26BN3O5. The van der Waals surface area contributed by atoms with E-state index in [4.69, 9.17) is 10.00 Å². The molecule has 0 aliphatic heterocycles. The maximum atomic E-state index is 12.2. The molecule has 0 fully saturated rings. The van der Waals surface area contributed by atoms with Gasteiger partial charge in [0.2, 0.25) is 5.91 Å². The van der Waals surface area contributed by atoms with Crippen LogP contribution in [0.3, 0.4) is 0 Å². The van der Waals surface area contributed by atoms with Gasteiger partial charge in [-0.05, 0) is 42.7 Å². The van der Waals surface area contributed by atoms with Crippen LogP contribution in [0.25, 0.3) is 6.08 Å². The molecular weight excluding hydrogens is 409 g/mol. The van der Waals surface area contributed by atoms with Crippen LogP contribution in [0.5, 0.6) is 5.75 Å². The summed E-state index contributed by atoms with van der Waals surface area (Å²) in [6.45, 7) is 2.26. The zero-order chi connectivity index (χ0) is 23.3. The third-order valence-corrected chi connectivity index (χ3v) is 4.47. The third kappa shape index (κ3) is 8.26. The second kappa shape index (κ2) is 12.9. The van der Waals surface area contributed by atoms with Gasteiger partial charge in [0.05, 0.1) is 19.0 Å². The number of hydrogen-bond acceptors (Lipinski definition) is 6. The molecule has 9 heteroatoms. The van der Waals surface area contributed by atoms with Crippen LogP contribution in [0.1, 0.15) is 24.5 Å². The lowest BCUT2D eigenvalue weighted by molar-refractivity contribution is -0.122. The topological polar surface area (TPSA) is 132 Å². The van der Waals surface area contributed by atoms with Crippen molar-refractivity contribution in [2.24, 2.45) is 0 Å². The lowest BCUT2D eigenvalue weighted by Crippen LogP contribution is -2.48. The van der Waals surface area contributed by atoms with E-state index >= 15 is 0 Å². The summed E-state index contributed by atoms with van der Waals surface area (Å²) in [6.07, 6.45) is 1.76. The van der Waals surface area contributed by atoms with Crippen LogP contribution in [0.4, 0.5) is 0 Å². The summed E-state index contributed by atoms with van der Waals surface area (Å²) in [5.41, 5.74) is 1.47. The Balaban J connectivity index is 1.90. The smallest absolute Gasteiger partial charge is 0.475 e. The minimum absolute atomic E-state index is 0.0143. The molecule has 4 N–H and O–H groups in total. The predicted molar refractivity (Wildman–Crippen MR) is 121 cm³/mol. The van der Waals surface area contributed by atoms with Crippen molar-refractivity contribution in [2.45, 2.75) is 25.7 Å². The fraction of sp³-hybridized carbons (Fsp3) is 0.261. The van der Waals surface area contributed by atoms with Crippen LogP contribution in [0, 0.1) is 11.3 Å². The molecule has 2 rings (SSSR count). The van der Waals surface area contributed by atoms with Crippen molar-refractivity contribution in [3.63, 3.8) is 0 Å². The predicted octanol–water partition coefficient (Wildman–Crippen LogP) is 1.24. The molecule has 2 aromatic carbocycles. The number of carbonyl (C=O) groups is 2. The molecule has 32 heavy (non-hydrogen) atoms. The number of rotatable bonds is 11. The average molecular weight is 435 g/mol. The molecule has 0 saturated heterocycles. The maximum absolute atomic E-state index is 12.2. The molecule has 166 valence electrons. The van der Waals surface area contributed by atoms with Crippen molar-refractivity contribution < 1.29 is 24.4 Å². The normalized spacial score (nSPS) is 11.8. The number of nitrogens with one attached hydrogen (secondary N) is 2. The maximum Gasteiger partial charge on any atom is 0.475 e. The molecule has 0 saturated carbocycles. The van der Waals surface area contributed by atoms with Crippen molar-refractivity contribution >= 4 is 25.0 Å². The van der Waals surface area contributed by atoms with Crippen molar-refractivity contribution in [3.8, 4) is 11.8 Å². The monoisotopic (exact) mass is 435 g/mol. The summed E-state index contributed by atoms with van der Waals surface area (Å²) < 4.78 is 5.60. The molecule has 1 atom stereocenters. The minimum atomic E-state index is -1.69. The first-order valence-electron chi connectivity index (χ1n) is 10.2. The summed E-state index contributed by atoms with van der Waals surface area (Å²) >= 11 is 0. The Bertz CT molecular complexity index is 973. The molecule has 0 aliphatic carbocycles. The van der Waals surface area contributed by atoms with Gasteiger partial charge in [0.15, 0.2) is 0 Å². The standard InChI is InChI=1S/C23H26BN3O5/c1-2-26-23(29)19(16-25)13-18-9-6-10-20(14-18)32-12-11-22(28)27-21(24(30)31)15-17-7-4-3-5-8-17/h3-10,13-14,21,30-31H,2,11-12,15H2,1H3,(H,26,29)(H,27,28)/t21-/m0/s1. The van der Waals surface area contributed by atoms with E-state index in [0.717, 1.165) is 5.56 Å².